The molecule has 2 aromatic rings. The van der Waals surface area contributed by atoms with E-state index in [1.54, 1.807) is 11.8 Å². The largest absolute Gasteiger partial charge is 0.373 e. The Balaban J connectivity index is 2.09. The molecule has 19 heavy (non-hydrogen) atoms. The van der Waals surface area contributed by atoms with Crippen molar-refractivity contribution in [3.8, 4) is 0 Å². The third kappa shape index (κ3) is 2.66. The SMILES string of the molecule is CCO[C@@H]1Cc2cc(Cl)ccc2Sc2ccccc21. The van der Waals surface area contributed by atoms with Crippen molar-refractivity contribution in [1.29, 1.82) is 0 Å². The molecule has 3 heteroatoms. The molecule has 1 aliphatic rings. The quantitative estimate of drug-likeness (QED) is 0.759. The molecule has 0 spiro atoms. The van der Waals surface area contributed by atoms with Crippen LogP contribution in [0.3, 0.4) is 0 Å². The highest BCUT2D eigenvalue weighted by molar-refractivity contribution is 7.99. The van der Waals surface area contributed by atoms with Gasteiger partial charge in [-0.2, -0.15) is 0 Å². The maximum Gasteiger partial charge on any atom is 0.0876 e. The van der Waals surface area contributed by atoms with Crippen molar-refractivity contribution in [3.63, 3.8) is 0 Å². The molecule has 0 aliphatic carbocycles. The number of ether oxygens (including phenoxy) is 1. The van der Waals surface area contributed by atoms with Gasteiger partial charge in [0.05, 0.1) is 6.10 Å². The van der Waals surface area contributed by atoms with E-state index in [0.29, 0.717) is 0 Å². The topological polar surface area (TPSA) is 9.23 Å². The van der Waals surface area contributed by atoms with Crippen molar-refractivity contribution < 1.29 is 4.74 Å². The van der Waals surface area contributed by atoms with Crippen LogP contribution in [0.15, 0.2) is 52.3 Å². The van der Waals surface area contributed by atoms with E-state index in [1.165, 1.54) is 20.9 Å². The Kier molecular flexibility index (Phi) is 3.83. The van der Waals surface area contributed by atoms with Gasteiger partial charge in [0.25, 0.3) is 0 Å². The average molecular weight is 291 g/mol. The number of hydrogen-bond donors (Lipinski definition) is 0. The molecular formula is C16H15ClOS. The molecule has 0 bridgehead atoms. The summed E-state index contributed by atoms with van der Waals surface area (Å²) in [4.78, 5) is 2.56. The van der Waals surface area contributed by atoms with Crippen LogP contribution in [0.4, 0.5) is 0 Å². The van der Waals surface area contributed by atoms with Gasteiger partial charge in [0.1, 0.15) is 0 Å². The van der Waals surface area contributed by atoms with Gasteiger partial charge in [0.15, 0.2) is 0 Å². The Morgan fingerprint density at radius 2 is 2.05 bits per heavy atom. The van der Waals surface area contributed by atoms with Gasteiger partial charge >= 0.3 is 0 Å². The minimum absolute atomic E-state index is 0.119. The van der Waals surface area contributed by atoms with Crippen LogP contribution in [0, 0.1) is 0 Å². The van der Waals surface area contributed by atoms with E-state index in [2.05, 4.69) is 36.4 Å². The first-order valence-corrected chi connectivity index (χ1v) is 7.64. The van der Waals surface area contributed by atoms with Gasteiger partial charge in [0, 0.05) is 27.8 Å². The molecule has 98 valence electrons. The first-order chi connectivity index (χ1) is 9.28. The first-order valence-electron chi connectivity index (χ1n) is 6.44. The van der Waals surface area contributed by atoms with E-state index in [9.17, 15) is 0 Å². The monoisotopic (exact) mass is 290 g/mol. The number of hydrogen-bond acceptors (Lipinski definition) is 2. The fraction of sp³-hybridized carbons (Fsp3) is 0.250. The second kappa shape index (κ2) is 5.58. The van der Waals surface area contributed by atoms with Gasteiger partial charge in [-0.05, 0) is 42.3 Å². The summed E-state index contributed by atoms with van der Waals surface area (Å²) in [6, 6.07) is 14.6. The molecule has 0 N–H and O–H groups in total. The molecular weight excluding hydrogens is 276 g/mol. The third-order valence-corrected chi connectivity index (χ3v) is 4.73. The summed E-state index contributed by atoms with van der Waals surface area (Å²) in [5.74, 6) is 0. The van der Waals surface area contributed by atoms with E-state index < -0.39 is 0 Å². The van der Waals surface area contributed by atoms with Crippen molar-refractivity contribution in [1.82, 2.24) is 0 Å². The molecule has 0 amide bonds. The molecule has 0 fully saturated rings. The highest BCUT2D eigenvalue weighted by atomic mass is 35.5. The van der Waals surface area contributed by atoms with Crippen LogP contribution in [-0.4, -0.2) is 6.61 Å². The van der Waals surface area contributed by atoms with Gasteiger partial charge in [-0.1, -0.05) is 41.6 Å². The molecule has 2 aromatic carbocycles. The van der Waals surface area contributed by atoms with Crippen molar-refractivity contribution in [2.45, 2.75) is 29.2 Å². The molecule has 1 atom stereocenters. The highest BCUT2D eigenvalue weighted by Gasteiger charge is 2.22. The summed E-state index contributed by atoms with van der Waals surface area (Å²) in [7, 11) is 0. The standard InChI is InChI=1S/C16H15ClOS/c1-2-18-14-10-11-9-12(17)7-8-15(11)19-16-6-4-3-5-13(14)16/h3-9,14H,2,10H2,1H3/t14-/m1/s1. The lowest BCUT2D eigenvalue weighted by Gasteiger charge is -2.17. The number of fused-ring (bicyclic) bond motifs is 2. The van der Waals surface area contributed by atoms with E-state index in [-0.39, 0.29) is 6.10 Å². The lowest BCUT2D eigenvalue weighted by atomic mass is 10.0. The fourth-order valence-electron chi connectivity index (χ4n) is 2.42. The van der Waals surface area contributed by atoms with E-state index >= 15 is 0 Å². The zero-order valence-electron chi connectivity index (χ0n) is 10.7. The van der Waals surface area contributed by atoms with Gasteiger partial charge in [-0.15, -0.1) is 0 Å². The lowest BCUT2D eigenvalue weighted by molar-refractivity contribution is 0.0610. The predicted octanol–water partition coefficient (Wildman–Crippen LogP) is 5.12. The minimum Gasteiger partial charge on any atom is -0.373 e. The molecule has 0 radical (unpaired) electrons. The molecule has 0 aromatic heterocycles. The van der Waals surface area contributed by atoms with Crippen LogP contribution in [0.1, 0.15) is 24.2 Å². The van der Waals surface area contributed by atoms with Gasteiger partial charge in [0.2, 0.25) is 0 Å². The van der Waals surface area contributed by atoms with Crippen molar-refractivity contribution >= 4 is 23.4 Å². The normalized spacial score (nSPS) is 17.5. The second-order valence-electron chi connectivity index (χ2n) is 4.54. The predicted molar refractivity (Wildman–Crippen MR) is 80.1 cm³/mol. The van der Waals surface area contributed by atoms with Gasteiger partial charge < -0.3 is 4.74 Å². The zero-order chi connectivity index (χ0) is 13.2. The smallest absolute Gasteiger partial charge is 0.0876 e. The minimum atomic E-state index is 0.119. The molecule has 0 unspecified atom stereocenters. The van der Waals surface area contributed by atoms with Crippen LogP contribution in [0.25, 0.3) is 0 Å². The fourth-order valence-corrected chi connectivity index (χ4v) is 3.73. The molecule has 0 saturated heterocycles. The van der Waals surface area contributed by atoms with E-state index in [4.69, 9.17) is 16.3 Å². The van der Waals surface area contributed by atoms with E-state index in [1.807, 2.05) is 13.0 Å². The van der Waals surface area contributed by atoms with Crippen LogP contribution >= 0.6 is 23.4 Å². The highest BCUT2D eigenvalue weighted by Crippen LogP contribution is 2.42. The van der Waals surface area contributed by atoms with Crippen molar-refractivity contribution in [2.24, 2.45) is 0 Å². The maximum absolute atomic E-state index is 6.12. The summed E-state index contributed by atoms with van der Waals surface area (Å²) in [6.45, 7) is 2.76. The Morgan fingerprint density at radius 1 is 1.21 bits per heavy atom. The van der Waals surface area contributed by atoms with Crippen LogP contribution in [0.2, 0.25) is 5.02 Å². The number of halogens is 1. The lowest BCUT2D eigenvalue weighted by Crippen LogP contribution is -2.07. The summed E-state index contributed by atoms with van der Waals surface area (Å²) in [6.07, 6.45) is 1.00. The van der Waals surface area contributed by atoms with Gasteiger partial charge in [-0.25, -0.2) is 0 Å². The van der Waals surface area contributed by atoms with Gasteiger partial charge in [-0.3, -0.25) is 0 Å². The Morgan fingerprint density at radius 3 is 2.89 bits per heavy atom. The van der Waals surface area contributed by atoms with Crippen LogP contribution in [0.5, 0.6) is 0 Å². The second-order valence-corrected chi connectivity index (χ2v) is 6.06. The number of rotatable bonds is 2. The Hall–Kier alpha value is -0.960. The molecule has 1 nitrogen and oxygen atoms in total. The Bertz CT molecular complexity index is 597. The average Bonchev–Trinajstić information content (AvgIpc) is 2.56. The van der Waals surface area contributed by atoms with Crippen LogP contribution < -0.4 is 0 Å². The summed E-state index contributed by atoms with van der Waals surface area (Å²) in [5, 5.41) is 0.792. The van der Waals surface area contributed by atoms with E-state index in [0.717, 1.165) is 18.1 Å². The maximum atomic E-state index is 6.12. The molecule has 3 rings (SSSR count). The van der Waals surface area contributed by atoms with Crippen molar-refractivity contribution in [3.05, 3.63) is 58.6 Å². The third-order valence-electron chi connectivity index (χ3n) is 3.28. The summed E-state index contributed by atoms with van der Waals surface area (Å²) < 4.78 is 5.93. The summed E-state index contributed by atoms with van der Waals surface area (Å²) in [5.41, 5.74) is 2.55. The number of benzene rings is 2. The molecule has 1 heterocycles. The first kappa shape index (κ1) is 13.0. The van der Waals surface area contributed by atoms with Crippen molar-refractivity contribution in [2.75, 3.05) is 6.61 Å². The van der Waals surface area contributed by atoms with Crippen LogP contribution in [-0.2, 0) is 11.2 Å². The molecule has 0 saturated carbocycles. The molecule has 1 aliphatic heterocycles. The zero-order valence-corrected chi connectivity index (χ0v) is 12.3. The summed E-state index contributed by atoms with van der Waals surface area (Å²) >= 11 is 7.92. The Labute approximate surface area is 122 Å².